The fourth-order valence-electron chi connectivity index (χ4n) is 4.07. The van der Waals surface area contributed by atoms with Crippen LogP contribution in [-0.2, 0) is 23.6 Å². The lowest BCUT2D eigenvalue weighted by molar-refractivity contribution is -0.239. The van der Waals surface area contributed by atoms with Gasteiger partial charge in [0.15, 0.2) is 11.5 Å². The number of urea groups is 1. The standard InChI is InChI=1S/C26H37N2O10P/c1-6-7-8-9-13-27-26(31)28-20-10-11-21(23(15-20)35-18(4)29)37-25-17(3)16(2)24(36-19(5)30)22(38-25)12-14-39(32,33)34/h1,10-11,15-17,22,24-25H,7-9,12-14H2,2-5H3,(H2,27,28,31)(H2,32,33,34)/t16-,17+,22-,24+,25+/m1/s1. The van der Waals surface area contributed by atoms with Crippen LogP contribution in [0.5, 0.6) is 11.5 Å². The van der Waals surface area contributed by atoms with Crippen LogP contribution in [0, 0.1) is 24.2 Å². The fraction of sp³-hybridized carbons (Fsp3) is 0.577. The zero-order valence-corrected chi connectivity index (χ0v) is 23.4. The van der Waals surface area contributed by atoms with E-state index in [9.17, 15) is 28.7 Å². The molecule has 2 rings (SSSR count). The largest absolute Gasteiger partial charge is 0.461 e. The van der Waals surface area contributed by atoms with Crippen LogP contribution < -0.4 is 20.1 Å². The number of unbranched alkanes of at least 4 members (excludes halogenated alkanes) is 2. The van der Waals surface area contributed by atoms with E-state index in [-0.39, 0.29) is 29.8 Å². The van der Waals surface area contributed by atoms with E-state index >= 15 is 0 Å². The van der Waals surface area contributed by atoms with Gasteiger partial charge in [0.2, 0.25) is 6.29 Å². The average Bonchev–Trinajstić information content (AvgIpc) is 2.83. The molecule has 4 N–H and O–H groups in total. The van der Waals surface area contributed by atoms with Gasteiger partial charge in [-0.25, -0.2) is 4.79 Å². The van der Waals surface area contributed by atoms with Crippen LogP contribution in [0.3, 0.4) is 0 Å². The number of nitrogens with one attached hydrogen (secondary N) is 2. The van der Waals surface area contributed by atoms with Gasteiger partial charge in [-0.2, -0.15) is 0 Å². The highest BCUT2D eigenvalue weighted by Gasteiger charge is 2.45. The Balaban J connectivity index is 2.19. The molecule has 12 nitrogen and oxygen atoms in total. The van der Waals surface area contributed by atoms with Gasteiger partial charge in [0, 0.05) is 50.4 Å². The van der Waals surface area contributed by atoms with Gasteiger partial charge in [0.25, 0.3) is 0 Å². The second-order valence-corrected chi connectivity index (χ2v) is 11.2. The molecule has 1 aliphatic rings. The average molecular weight is 569 g/mol. The van der Waals surface area contributed by atoms with Crippen LogP contribution in [0.1, 0.15) is 53.4 Å². The minimum absolute atomic E-state index is 0.0339. The Morgan fingerprint density at radius 2 is 1.82 bits per heavy atom. The second kappa shape index (κ2) is 14.9. The molecule has 1 heterocycles. The van der Waals surface area contributed by atoms with E-state index < -0.39 is 50.2 Å². The molecule has 0 bridgehead atoms. The number of esters is 2. The molecular weight excluding hydrogens is 531 g/mol. The molecule has 39 heavy (non-hydrogen) atoms. The summed E-state index contributed by atoms with van der Waals surface area (Å²) >= 11 is 0. The molecular formula is C26H37N2O10P. The monoisotopic (exact) mass is 568 g/mol. The molecule has 5 atom stereocenters. The Hall–Kier alpha value is -3.10. The lowest BCUT2D eigenvalue weighted by Crippen LogP contribution is -2.53. The normalized spacial score (nSPS) is 22.7. The smallest absolute Gasteiger partial charge is 0.325 e. The molecule has 1 aromatic carbocycles. The summed E-state index contributed by atoms with van der Waals surface area (Å²) in [5.74, 6) is 0.939. The predicted molar refractivity (Wildman–Crippen MR) is 142 cm³/mol. The molecule has 0 spiro atoms. The van der Waals surface area contributed by atoms with Crippen molar-refractivity contribution in [1.82, 2.24) is 5.32 Å². The van der Waals surface area contributed by atoms with Crippen LogP contribution >= 0.6 is 7.60 Å². The number of hydrogen-bond acceptors (Lipinski definition) is 8. The maximum Gasteiger partial charge on any atom is 0.325 e. The molecule has 0 aliphatic carbocycles. The van der Waals surface area contributed by atoms with Gasteiger partial charge < -0.3 is 39.4 Å². The van der Waals surface area contributed by atoms with Crippen LogP contribution in [0.2, 0.25) is 0 Å². The van der Waals surface area contributed by atoms with Crippen molar-refractivity contribution >= 4 is 31.3 Å². The van der Waals surface area contributed by atoms with Crippen LogP contribution in [0.4, 0.5) is 10.5 Å². The third-order valence-corrected chi connectivity index (χ3v) is 7.03. The first-order valence-corrected chi connectivity index (χ1v) is 14.4. The molecule has 0 aromatic heterocycles. The van der Waals surface area contributed by atoms with Crippen molar-refractivity contribution in [3.05, 3.63) is 18.2 Å². The molecule has 0 unspecified atom stereocenters. The Kier molecular flexibility index (Phi) is 12.3. The summed E-state index contributed by atoms with van der Waals surface area (Å²) < 4.78 is 34.3. The summed E-state index contributed by atoms with van der Waals surface area (Å²) in [7, 11) is -4.33. The van der Waals surface area contributed by atoms with Gasteiger partial charge in [-0.05, 0) is 31.4 Å². The first kappa shape index (κ1) is 32.1. The van der Waals surface area contributed by atoms with Gasteiger partial charge in [0.05, 0.1) is 12.3 Å². The first-order valence-electron chi connectivity index (χ1n) is 12.7. The van der Waals surface area contributed by atoms with Crippen molar-refractivity contribution in [2.45, 2.75) is 71.9 Å². The van der Waals surface area contributed by atoms with Gasteiger partial charge in [-0.15, -0.1) is 12.3 Å². The van der Waals surface area contributed by atoms with Gasteiger partial charge in [-0.1, -0.05) is 13.8 Å². The van der Waals surface area contributed by atoms with Crippen molar-refractivity contribution in [3.8, 4) is 23.8 Å². The van der Waals surface area contributed by atoms with Gasteiger partial charge in [-0.3, -0.25) is 14.2 Å². The van der Waals surface area contributed by atoms with E-state index in [0.29, 0.717) is 18.7 Å². The SMILES string of the molecule is C#CCCCCNC(=O)Nc1ccc(O[C@H]2O[C@H](CCP(=O)(O)O)[C@@H](OC(C)=O)[C@H](C)[C@@H]2C)c(OC(C)=O)c1. The van der Waals surface area contributed by atoms with Crippen LogP contribution in [-0.4, -0.2) is 59.0 Å². The summed E-state index contributed by atoms with van der Waals surface area (Å²) in [6.45, 7) is 6.56. The molecule has 1 fully saturated rings. The number of amides is 2. The summed E-state index contributed by atoms with van der Waals surface area (Å²) in [5.41, 5.74) is 0.347. The number of hydrogen-bond donors (Lipinski definition) is 4. The first-order chi connectivity index (χ1) is 18.3. The Labute approximate surface area is 228 Å². The maximum atomic E-state index is 12.2. The van der Waals surface area contributed by atoms with Crippen molar-refractivity contribution in [2.75, 3.05) is 18.0 Å². The zero-order valence-electron chi connectivity index (χ0n) is 22.5. The maximum absolute atomic E-state index is 12.2. The molecule has 2 amide bonds. The second-order valence-electron chi connectivity index (χ2n) is 9.43. The lowest BCUT2D eigenvalue weighted by Gasteiger charge is -2.43. The minimum Gasteiger partial charge on any atom is -0.461 e. The number of anilines is 1. The predicted octanol–water partition coefficient (Wildman–Crippen LogP) is 3.41. The summed E-state index contributed by atoms with van der Waals surface area (Å²) in [4.78, 5) is 54.4. The van der Waals surface area contributed by atoms with Crippen molar-refractivity contribution in [1.29, 1.82) is 0 Å². The highest BCUT2D eigenvalue weighted by molar-refractivity contribution is 7.51. The van der Waals surface area contributed by atoms with Gasteiger partial charge in [0.1, 0.15) is 6.10 Å². The van der Waals surface area contributed by atoms with Crippen LogP contribution in [0.25, 0.3) is 0 Å². The number of ether oxygens (including phenoxy) is 4. The molecule has 216 valence electrons. The highest BCUT2D eigenvalue weighted by atomic mass is 31.2. The van der Waals surface area contributed by atoms with Gasteiger partial charge >= 0.3 is 25.6 Å². The summed E-state index contributed by atoms with van der Waals surface area (Å²) in [5, 5.41) is 5.38. The number of terminal acetylenes is 1. The number of carbonyl (C=O) groups is 3. The molecule has 1 aromatic rings. The minimum atomic E-state index is -4.33. The zero-order chi connectivity index (χ0) is 29.2. The molecule has 1 saturated heterocycles. The van der Waals surface area contributed by atoms with E-state index in [0.717, 1.165) is 12.8 Å². The summed E-state index contributed by atoms with van der Waals surface area (Å²) in [6.07, 6.45) is 4.32. The third kappa shape index (κ3) is 10.9. The third-order valence-electron chi connectivity index (χ3n) is 6.19. The van der Waals surface area contributed by atoms with Crippen molar-refractivity contribution < 1.29 is 47.7 Å². The van der Waals surface area contributed by atoms with Crippen molar-refractivity contribution in [2.24, 2.45) is 11.8 Å². The van der Waals surface area contributed by atoms with E-state index in [2.05, 4.69) is 16.6 Å². The molecule has 0 radical (unpaired) electrons. The van der Waals surface area contributed by atoms with E-state index in [1.165, 1.54) is 26.0 Å². The molecule has 13 heteroatoms. The lowest BCUT2D eigenvalue weighted by atomic mass is 9.83. The molecule has 1 aliphatic heterocycles. The van der Waals surface area contributed by atoms with Crippen LogP contribution in [0.15, 0.2) is 18.2 Å². The number of carbonyl (C=O) groups excluding carboxylic acids is 3. The van der Waals surface area contributed by atoms with E-state index in [4.69, 9.17) is 25.4 Å². The fourth-order valence-corrected chi connectivity index (χ4v) is 4.66. The number of benzene rings is 1. The highest BCUT2D eigenvalue weighted by Crippen LogP contribution is 2.41. The van der Waals surface area contributed by atoms with Crippen molar-refractivity contribution in [3.63, 3.8) is 0 Å². The quantitative estimate of drug-likeness (QED) is 0.0963. The Bertz CT molecular complexity index is 1100. The Morgan fingerprint density at radius 3 is 2.44 bits per heavy atom. The summed E-state index contributed by atoms with van der Waals surface area (Å²) in [6, 6.07) is 4.05. The molecule has 0 saturated carbocycles. The number of rotatable bonds is 12. The Morgan fingerprint density at radius 1 is 1.10 bits per heavy atom. The topological polar surface area (TPSA) is 170 Å². The van der Waals surface area contributed by atoms with E-state index in [1.807, 2.05) is 13.8 Å². The van der Waals surface area contributed by atoms with E-state index in [1.54, 1.807) is 6.07 Å².